The summed E-state index contributed by atoms with van der Waals surface area (Å²) in [4.78, 5) is 34.0. The molecule has 5 rings (SSSR count). The van der Waals surface area contributed by atoms with Crippen molar-refractivity contribution in [2.45, 2.75) is 64.5 Å². The van der Waals surface area contributed by atoms with Crippen LogP contribution in [0.5, 0.6) is 0 Å². The van der Waals surface area contributed by atoms with E-state index in [0.29, 0.717) is 25.3 Å². The first-order chi connectivity index (χ1) is 17.2. The number of fused-ring (bicyclic) bond motifs is 2. The number of amides is 1. The summed E-state index contributed by atoms with van der Waals surface area (Å²) in [6.45, 7) is 10.7. The number of piperazine rings is 1. The number of methoxy groups -OCH3 is 1. The summed E-state index contributed by atoms with van der Waals surface area (Å²) in [6, 6.07) is 5.93. The second-order valence-corrected chi connectivity index (χ2v) is 11.3. The number of rotatable bonds is 5. The monoisotopic (exact) mass is 489 g/mol. The SMILES string of the molecule is COCC(C)(C)C(=O)N1CC(C)N(c2ncnc3c2C2(CCC2)CN3c2cc(C#N)ccn2)C[C@@H]1C. The number of nitriles is 1. The molecule has 2 atom stereocenters. The van der Waals surface area contributed by atoms with Gasteiger partial charge in [0.15, 0.2) is 0 Å². The van der Waals surface area contributed by atoms with Crippen LogP contribution in [0, 0.1) is 16.7 Å². The summed E-state index contributed by atoms with van der Waals surface area (Å²) in [7, 11) is 1.64. The van der Waals surface area contributed by atoms with E-state index in [1.807, 2.05) is 24.8 Å². The molecule has 1 saturated heterocycles. The number of carbonyl (C=O) groups excluding carboxylic acids is 1. The lowest BCUT2D eigenvalue weighted by atomic mass is 9.66. The number of hydrogen-bond donors (Lipinski definition) is 0. The fourth-order valence-corrected chi connectivity index (χ4v) is 6.07. The Morgan fingerprint density at radius 1 is 1.19 bits per heavy atom. The van der Waals surface area contributed by atoms with Gasteiger partial charge in [-0.3, -0.25) is 4.79 Å². The standard InChI is InChI=1S/C27H35N7O2/c1-18-14-33(25(35)26(3,4)16-36-5)19(2)13-32(18)23-22-24(31-17-30-23)34(15-27(22)8-6-9-27)21-11-20(12-28)7-10-29-21/h7,10-11,17-19H,6,8-9,13-16H2,1-5H3/t18?,19-/m0/s1. The summed E-state index contributed by atoms with van der Waals surface area (Å²) in [5.74, 6) is 2.74. The van der Waals surface area contributed by atoms with Crippen molar-refractivity contribution in [3.05, 3.63) is 35.8 Å². The van der Waals surface area contributed by atoms with Crippen LogP contribution < -0.4 is 9.80 Å². The van der Waals surface area contributed by atoms with Crippen molar-refractivity contribution < 1.29 is 9.53 Å². The maximum atomic E-state index is 13.4. The van der Waals surface area contributed by atoms with Gasteiger partial charge in [0.2, 0.25) is 5.91 Å². The Kier molecular flexibility index (Phi) is 6.11. The van der Waals surface area contributed by atoms with Gasteiger partial charge >= 0.3 is 0 Å². The molecule has 0 radical (unpaired) electrons. The lowest BCUT2D eigenvalue weighted by molar-refractivity contribution is -0.146. The van der Waals surface area contributed by atoms with Crippen LogP contribution in [0.3, 0.4) is 0 Å². The van der Waals surface area contributed by atoms with Crippen LogP contribution in [0.4, 0.5) is 17.5 Å². The van der Waals surface area contributed by atoms with Gasteiger partial charge < -0.3 is 19.4 Å². The smallest absolute Gasteiger partial charge is 0.230 e. The summed E-state index contributed by atoms with van der Waals surface area (Å²) in [5.41, 5.74) is 1.21. The second-order valence-electron chi connectivity index (χ2n) is 11.3. The van der Waals surface area contributed by atoms with Crippen molar-refractivity contribution >= 4 is 23.4 Å². The zero-order valence-corrected chi connectivity index (χ0v) is 21.9. The van der Waals surface area contributed by atoms with E-state index in [2.05, 4.69) is 34.7 Å². The molecule has 2 aromatic rings. The lowest BCUT2D eigenvalue weighted by Crippen LogP contribution is -2.61. The van der Waals surface area contributed by atoms with Gasteiger partial charge in [-0.1, -0.05) is 6.42 Å². The van der Waals surface area contributed by atoms with Crippen molar-refractivity contribution in [3.63, 3.8) is 0 Å². The number of carbonyl (C=O) groups is 1. The molecule has 9 nitrogen and oxygen atoms in total. The fourth-order valence-electron chi connectivity index (χ4n) is 6.07. The molecule has 1 aliphatic carbocycles. The number of nitrogens with zero attached hydrogens (tertiary/aromatic N) is 7. The Hall–Kier alpha value is -3.25. The molecule has 36 heavy (non-hydrogen) atoms. The maximum Gasteiger partial charge on any atom is 0.230 e. The summed E-state index contributed by atoms with van der Waals surface area (Å²) < 4.78 is 5.32. The molecule has 4 heterocycles. The van der Waals surface area contributed by atoms with Crippen LogP contribution in [0.2, 0.25) is 0 Å². The topological polar surface area (TPSA) is 98.5 Å². The van der Waals surface area contributed by atoms with E-state index in [1.54, 1.807) is 25.7 Å². The van der Waals surface area contributed by atoms with Crippen LogP contribution in [0.1, 0.15) is 58.1 Å². The van der Waals surface area contributed by atoms with E-state index in [-0.39, 0.29) is 23.4 Å². The Balaban J connectivity index is 1.49. The van der Waals surface area contributed by atoms with Crippen molar-refractivity contribution in [2.75, 3.05) is 43.2 Å². The minimum absolute atomic E-state index is 0.00732. The van der Waals surface area contributed by atoms with Gasteiger partial charge in [-0.05, 0) is 52.7 Å². The van der Waals surface area contributed by atoms with Crippen molar-refractivity contribution in [1.82, 2.24) is 19.9 Å². The molecule has 1 spiro atoms. The number of aromatic nitrogens is 3. The molecule has 0 N–H and O–H groups in total. The fraction of sp³-hybridized carbons (Fsp3) is 0.593. The predicted octanol–water partition coefficient (Wildman–Crippen LogP) is 3.41. The molecule has 190 valence electrons. The van der Waals surface area contributed by atoms with Crippen molar-refractivity contribution in [1.29, 1.82) is 5.26 Å². The van der Waals surface area contributed by atoms with Gasteiger partial charge in [-0.2, -0.15) is 5.26 Å². The van der Waals surface area contributed by atoms with E-state index < -0.39 is 5.41 Å². The molecule has 3 aliphatic rings. The quantitative estimate of drug-likeness (QED) is 0.630. The predicted molar refractivity (Wildman–Crippen MR) is 137 cm³/mol. The molecule has 0 bridgehead atoms. The number of hydrogen-bond acceptors (Lipinski definition) is 8. The highest BCUT2D eigenvalue weighted by molar-refractivity contribution is 5.83. The molecule has 9 heteroatoms. The van der Waals surface area contributed by atoms with Crippen LogP contribution in [-0.2, 0) is 14.9 Å². The average molecular weight is 490 g/mol. The highest BCUT2D eigenvalue weighted by Gasteiger charge is 2.52. The van der Waals surface area contributed by atoms with Gasteiger partial charge in [0.05, 0.1) is 23.7 Å². The highest BCUT2D eigenvalue weighted by atomic mass is 16.5. The Morgan fingerprint density at radius 2 is 1.94 bits per heavy atom. The third kappa shape index (κ3) is 3.88. The van der Waals surface area contributed by atoms with Gasteiger partial charge in [0, 0.05) is 56.0 Å². The van der Waals surface area contributed by atoms with Crippen LogP contribution in [-0.4, -0.2) is 71.2 Å². The minimum Gasteiger partial charge on any atom is -0.384 e. The zero-order chi connectivity index (χ0) is 25.7. The first-order valence-corrected chi connectivity index (χ1v) is 12.8. The molecule has 0 aromatic carbocycles. The number of anilines is 3. The average Bonchev–Trinajstić information content (AvgIpc) is 3.21. The largest absolute Gasteiger partial charge is 0.384 e. The van der Waals surface area contributed by atoms with Crippen molar-refractivity contribution in [2.24, 2.45) is 5.41 Å². The van der Waals surface area contributed by atoms with Gasteiger partial charge in [0.25, 0.3) is 0 Å². The maximum absolute atomic E-state index is 13.4. The Labute approximate surface area is 213 Å². The molecule has 1 amide bonds. The van der Waals surface area contributed by atoms with Gasteiger partial charge in [-0.25, -0.2) is 15.0 Å². The molecule has 1 unspecified atom stereocenters. The van der Waals surface area contributed by atoms with Crippen LogP contribution in [0.25, 0.3) is 0 Å². The van der Waals surface area contributed by atoms with E-state index in [4.69, 9.17) is 14.7 Å². The third-order valence-corrected chi connectivity index (χ3v) is 8.12. The molecule has 2 fully saturated rings. The molecular weight excluding hydrogens is 454 g/mol. The zero-order valence-electron chi connectivity index (χ0n) is 21.9. The van der Waals surface area contributed by atoms with Gasteiger partial charge in [-0.15, -0.1) is 0 Å². The van der Waals surface area contributed by atoms with Gasteiger partial charge in [0.1, 0.15) is 23.8 Å². The Bertz CT molecular complexity index is 1200. The molecule has 1 saturated carbocycles. The first kappa shape index (κ1) is 24.4. The minimum atomic E-state index is -0.567. The van der Waals surface area contributed by atoms with E-state index in [0.717, 1.165) is 36.8 Å². The number of ether oxygens (including phenoxy) is 1. The second kappa shape index (κ2) is 9.00. The summed E-state index contributed by atoms with van der Waals surface area (Å²) >= 11 is 0. The van der Waals surface area contributed by atoms with Crippen molar-refractivity contribution in [3.8, 4) is 6.07 Å². The Morgan fingerprint density at radius 3 is 2.61 bits per heavy atom. The number of pyridine rings is 1. The molecular formula is C27H35N7O2. The van der Waals surface area contributed by atoms with Crippen LogP contribution in [0.15, 0.2) is 24.7 Å². The normalized spacial score (nSPS) is 22.8. The van der Waals surface area contributed by atoms with E-state index in [9.17, 15) is 10.1 Å². The third-order valence-electron chi connectivity index (χ3n) is 8.12. The van der Waals surface area contributed by atoms with Crippen LogP contribution >= 0.6 is 0 Å². The van der Waals surface area contributed by atoms with E-state index in [1.165, 1.54) is 12.0 Å². The molecule has 2 aliphatic heterocycles. The van der Waals surface area contributed by atoms with E-state index >= 15 is 0 Å². The summed E-state index contributed by atoms with van der Waals surface area (Å²) in [5, 5.41) is 9.41. The lowest BCUT2D eigenvalue weighted by Gasteiger charge is -2.48. The summed E-state index contributed by atoms with van der Waals surface area (Å²) in [6.07, 6.45) is 6.68. The highest BCUT2D eigenvalue weighted by Crippen LogP contribution is 2.56. The molecule has 2 aromatic heterocycles. The first-order valence-electron chi connectivity index (χ1n) is 12.8.